The van der Waals surface area contributed by atoms with Gasteiger partial charge in [-0.3, -0.25) is 59.6 Å². The average molecular weight is 832 g/mol. The molecule has 5 unspecified atom stereocenters. The van der Waals surface area contributed by atoms with E-state index in [9.17, 15) is 74.4 Å². The van der Waals surface area contributed by atoms with E-state index in [0.717, 1.165) is 36.6 Å². The molecule has 5 atom stereocenters. The first kappa shape index (κ1) is 48.6. The van der Waals surface area contributed by atoms with Crippen molar-refractivity contribution < 1.29 is 72.5 Å². The summed E-state index contributed by atoms with van der Waals surface area (Å²) in [5.41, 5.74) is 0. The molecule has 2 amide bonds. The largest absolute Gasteiger partial charge is 0.463 e. The molecule has 1 saturated heterocycles. The van der Waals surface area contributed by atoms with Crippen molar-refractivity contribution in [3.63, 3.8) is 0 Å². The van der Waals surface area contributed by atoms with Gasteiger partial charge >= 0.3 is 29.9 Å². The fourth-order valence-electron chi connectivity index (χ4n) is 4.95. The summed E-state index contributed by atoms with van der Waals surface area (Å²) >= 11 is 5.46. The molecule has 28 heteroatoms. The molecule has 56 heavy (non-hydrogen) atoms. The summed E-state index contributed by atoms with van der Waals surface area (Å²) in [7, 11) is 0. The standard InChI is InChI=1S/C18H24N4O18.C10H18ClN3O2/c23-11(1-5-19(28)29)36-9-10-15(38-12(24)2-6-20(30)31)16(39-13(25)3-7-21(32)33)17(18(27)37-10)40-14(26)4-8-22(34)35;1-8-2-4-9(5-3-8)12-10(15)14(13-16)7-6-11/h10,15-18,27H,1-9H2;8-9H,2-7H2,1H3,(H,12,15). The Labute approximate surface area is 321 Å². The molecule has 2 N–H and O–H groups in total. The molecule has 0 aromatic carbocycles. The number of ether oxygens (including phenoxy) is 5. The minimum absolute atomic E-state index is 0.153. The Hall–Kier alpha value is -5.44. The van der Waals surface area contributed by atoms with Crippen LogP contribution in [-0.4, -0.2) is 142 Å². The minimum atomic E-state index is -2.22. The third-order valence-electron chi connectivity index (χ3n) is 7.79. The smallest absolute Gasteiger partial charge is 0.340 e. The number of nitro groups is 4. The summed E-state index contributed by atoms with van der Waals surface area (Å²) < 4.78 is 25.1. The maximum atomic E-state index is 12.3. The van der Waals surface area contributed by atoms with Gasteiger partial charge in [0.25, 0.3) is 0 Å². The zero-order valence-corrected chi connectivity index (χ0v) is 30.7. The number of rotatable bonds is 21. The van der Waals surface area contributed by atoms with E-state index in [-0.39, 0.29) is 18.5 Å². The van der Waals surface area contributed by atoms with E-state index in [1.165, 1.54) is 0 Å². The van der Waals surface area contributed by atoms with Crippen molar-refractivity contribution in [3.05, 3.63) is 45.4 Å². The number of urea groups is 1. The first-order chi connectivity index (χ1) is 26.4. The molecular weight excluding hydrogens is 790 g/mol. The molecule has 2 rings (SSSR count). The molecule has 1 saturated carbocycles. The van der Waals surface area contributed by atoms with Gasteiger partial charge in [0.15, 0.2) is 24.6 Å². The maximum Gasteiger partial charge on any atom is 0.340 e. The minimum Gasteiger partial charge on any atom is -0.463 e. The SMILES string of the molecule is CC1CCC(NC(=O)N(CCCl)N=O)CC1.O=C(CC[N+](=O)[O-])OCC1OC(O)C(OC(=O)CC[N+](=O)[O-])C(OC(=O)CC[N+](=O)[O-])C1OC(=O)CC[N+](=O)[O-]. The van der Waals surface area contributed by atoms with Crippen molar-refractivity contribution in [2.75, 3.05) is 45.2 Å². The van der Waals surface area contributed by atoms with Gasteiger partial charge in [-0.05, 0) is 31.6 Å². The number of esters is 4. The highest BCUT2D eigenvalue weighted by atomic mass is 35.5. The Morgan fingerprint density at radius 2 is 1.18 bits per heavy atom. The molecule has 0 aromatic rings. The van der Waals surface area contributed by atoms with Crippen LogP contribution in [0.25, 0.3) is 0 Å². The molecule has 1 aliphatic heterocycles. The van der Waals surface area contributed by atoms with Crippen molar-refractivity contribution >= 4 is 41.5 Å². The molecule has 27 nitrogen and oxygen atoms in total. The first-order valence-corrected chi connectivity index (χ1v) is 17.4. The second kappa shape index (κ2) is 25.6. The highest BCUT2D eigenvalue weighted by molar-refractivity contribution is 6.18. The fraction of sp³-hybridized carbons (Fsp3) is 0.821. The highest BCUT2D eigenvalue weighted by Crippen LogP contribution is 2.29. The van der Waals surface area contributed by atoms with Crippen molar-refractivity contribution in [1.82, 2.24) is 10.3 Å². The Bertz CT molecular complexity index is 1400. The van der Waals surface area contributed by atoms with Crippen LogP contribution in [0.5, 0.6) is 0 Å². The Morgan fingerprint density at radius 1 is 0.750 bits per heavy atom. The van der Waals surface area contributed by atoms with Crippen LogP contribution < -0.4 is 5.32 Å². The van der Waals surface area contributed by atoms with Crippen LogP contribution in [0.2, 0.25) is 0 Å². The predicted molar refractivity (Wildman–Crippen MR) is 181 cm³/mol. The van der Waals surface area contributed by atoms with Gasteiger partial charge in [0.05, 0.1) is 11.8 Å². The van der Waals surface area contributed by atoms with Gasteiger partial charge in [0.1, 0.15) is 38.4 Å². The van der Waals surface area contributed by atoms with E-state index in [1.54, 1.807) is 0 Å². The summed E-state index contributed by atoms with van der Waals surface area (Å²) in [6, 6.07) is -0.265. The third-order valence-corrected chi connectivity index (χ3v) is 7.96. The van der Waals surface area contributed by atoms with E-state index < -0.39 is 139 Å². The number of nitroso groups, excluding NO2 is 1. The van der Waals surface area contributed by atoms with Crippen molar-refractivity contribution in [3.8, 4) is 0 Å². The molecule has 0 aromatic heterocycles. The normalized spacial score (nSPS) is 22.7. The summed E-state index contributed by atoms with van der Waals surface area (Å²) in [5, 5.41) is 59.0. The van der Waals surface area contributed by atoms with Crippen LogP contribution >= 0.6 is 11.6 Å². The van der Waals surface area contributed by atoms with Gasteiger partial charge in [0.2, 0.25) is 26.2 Å². The van der Waals surface area contributed by atoms with Crippen molar-refractivity contribution in [2.24, 2.45) is 11.2 Å². The summed E-state index contributed by atoms with van der Waals surface area (Å²) in [6.07, 6.45) is -8.99. The summed E-state index contributed by atoms with van der Waals surface area (Å²) in [5.74, 6) is -4.12. The lowest BCUT2D eigenvalue weighted by atomic mass is 9.87. The van der Waals surface area contributed by atoms with Crippen molar-refractivity contribution in [2.45, 2.75) is 95.0 Å². The number of amides is 2. The second-order valence-electron chi connectivity index (χ2n) is 12.1. The molecule has 316 valence electrons. The number of aliphatic hydroxyl groups excluding tert-OH is 1. The van der Waals surface area contributed by atoms with Crippen LogP contribution in [-0.2, 0) is 42.9 Å². The first-order valence-electron chi connectivity index (χ1n) is 16.9. The number of carbonyl (C=O) groups excluding carboxylic acids is 5. The van der Waals surface area contributed by atoms with Crippen LogP contribution in [0.1, 0.15) is 58.3 Å². The predicted octanol–water partition coefficient (Wildman–Crippen LogP) is 0.146. The Morgan fingerprint density at radius 3 is 1.61 bits per heavy atom. The van der Waals surface area contributed by atoms with E-state index in [4.69, 9.17) is 35.3 Å². The van der Waals surface area contributed by atoms with Crippen LogP contribution in [0.15, 0.2) is 5.29 Å². The number of halogens is 1. The monoisotopic (exact) mass is 831 g/mol. The van der Waals surface area contributed by atoms with Crippen LogP contribution in [0.4, 0.5) is 4.79 Å². The summed E-state index contributed by atoms with van der Waals surface area (Å²) in [4.78, 5) is 109. The van der Waals surface area contributed by atoms with Gasteiger partial charge in [-0.1, -0.05) is 6.92 Å². The number of hydrogen-bond donors (Lipinski definition) is 2. The number of carbonyl (C=O) groups is 5. The lowest BCUT2D eigenvalue weighted by Gasteiger charge is -2.42. The zero-order valence-electron chi connectivity index (χ0n) is 29.9. The van der Waals surface area contributed by atoms with E-state index in [1.807, 2.05) is 0 Å². The molecule has 2 aliphatic rings. The Kier molecular flexibility index (Phi) is 22.2. The lowest BCUT2D eigenvalue weighted by Crippen LogP contribution is -2.62. The van der Waals surface area contributed by atoms with Crippen LogP contribution in [0, 0.1) is 51.3 Å². The maximum absolute atomic E-state index is 12.3. The summed E-state index contributed by atoms with van der Waals surface area (Å²) in [6.45, 7) is -2.09. The van der Waals surface area contributed by atoms with Gasteiger partial charge in [0, 0.05) is 31.6 Å². The molecule has 0 bridgehead atoms. The number of alkyl halides is 1. The Balaban J connectivity index is 0.000000812. The molecule has 1 heterocycles. The zero-order chi connectivity index (χ0) is 42.4. The third kappa shape index (κ3) is 19.8. The lowest BCUT2D eigenvalue weighted by molar-refractivity contribution is -0.479. The molecule has 2 fully saturated rings. The van der Waals surface area contributed by atoms with Crippen molar-refractivity contribution in [1.29, 1.82) is 0 Å². The number of hydrogen-bond acceptors (Lipinski definition) is 21. The van der Waals surface area contributed by atoms with E-state index >= 15 is 0 Å². The molecule has 1 aliphatic carbocycles. The van der Waals surface area contributed by atoms with Gasteiger partial charge in [-0.25, -0.2) is 4.79 Å². The van der Waals surface area contributed by atoms with Gasteiger partial charge in [-0.15, -0.1) is 16.5 Å². The fourth-order valence-corrected chi connectivity index (χ4v) is 5.11. The van der Waals surface area contributed by atoms with Gasteiger partial charge < -0.3 is 34.1 Å². The number of nitrogens with zero attached hydrogens (tertiary/aromatic N) is 6. The van der Waals surface area contributed by atoms with Crippen LogP contribution in [0.3, 0.4) is 0 Å². The second-order valence-corrected chi connectivity index (χ2v) is 12.5. The molecule has 0 spiro atoms. The highest BCUT2D eigenvalue weighted by Gasteiger charge is 2.52. The topological polar surface area (TPSA) is 369 Å². The van der Waals surface area contributed by atoms with E-state index in [0.29, 0.717) is 0 Å². The number of nitrogens with one attached hydrogen (secondary N) is 1. The molecular formula is C28H42ClN7O20. The average Bonchev–Trinajstić information content (AvgIpc) is 3.13. The van der Waals surface area contributed by atoms with Gasteiger partial charge in [-0.2, -0.15) is 5.01 Å². The van der Waals surface area contributed by atoms with E-state index in [2.05, 4.69) is 17.5 Å². The quantitative estimate of drug-likeness (QED) is 0.0388. The number of aliphatic hydroxyl groups is 1. The molecule has 0 radical (unpaired) electrons.